The number of hydrogen-bond donors (Lipinski definition) is 1. The molecule has 0 radical (unpaired) electrons. The quantitative estimate of drug-likeness (QED) is 0.835. The summed E-state index contributed by atoms with van der Waals surface area (Å²) in [6.45, 7) is 4.76. The Balaban J connectivity index is 1.86. The highest BCUT2D eigenvalue weighted by atomic mass is 32.1. The molecule has 0 amide bonds. The van der Waals surface area contributed by atoms with Crippen molar-refractivity contribution in [2.75, 3.05) is 7.05 Å². The van der Waals surface area contributed by atoms with Gasteiger partial charge in [0, 0.05) is 10.9 Å². The lowest BCUT2D eigenvalue weighted by molar-refractivity contribution is 0.192. The minimum Gasteiger partial charge on any atom is -0.316 e. The van der Waals surface area contributed by atoms with Gasteiger partial charge in [-0.2, -0.15) is 0 Å². The van der Waals surface area contributed by atoms with E-state index in [4.69, 9.17) is 0 Å². The molecule has 1 atom stereocenters. The third-order valence-corrected chi connectivity index (χ3v) is 5.60. The third kappa shape index (κ3) is 3.58. The van der Waals surface area contributed by atoms with Crippen LogP contribution in [0.4, 0.5) is 0 Å². The van der Waals surface area contributed by atoms with Crippen molar-refractivity contribution in [3.8, 4) is 0 Å². The van der Waals surface area contributed by atoms with Gasteiger partial charge >= 0.3 is 0 Å². The molecule has 0 saturated heterocycles. The Bertz CT molecular complexity index is 323. The van der Waals surface area contributed by atoms with Crippen LogP contribution in [0.5, 0.6) is 0 Å². The van der Waals surface area contributed by atoms with Crippen LogP contribution < -0.4 is 5.32 Å². The van der Waals surface area contributed by atoms with Gasteiger partial charge < -0.3 is 5.32 Å². The second-order valence-electron chi connectivity index (χ2n) is 6.10. The van der Waals surface area contributed by atoms with Gasteiger partial charge in [-0.3, -0.25) is 0 Å². The fourth-order valence-electron chi connectivity index (χ4n) is 3.36. The second kappa shape index (κ2) is 6.72. The van der Waals surface area contributed by atoms with Crippen molar-refractivity contribution in [2.45, 2.75) is 52.0 Å². The molecule has 0 aromatic carbocycles. The van der Waals surface area contributed by atoms with Gasteiger partial charge in [-0.1, -0.05) is 19.9 Å². The molecule has 1 nitrogen and oxygen atoms in total. The van der Waals surface area contributed by atoms with Crippen LogP contribution in [0.1, 0.15) is 44.4 Å². The first-order valence-corrected chi connectivity index (χ1v) is 8.28. The van der Waals surface area contributed by atoms with Crippen LogP contribution >= 0.6 is 11.3 Å². The summed E-state index contributed by atoms with van der Waals surface area (Å²) >= 11 is 1.90. The molecule has 0 bridgehead atoms. The number of hydrogen-bond acceptors (Lipinski definition) is 2. The molecule has 0 spiro atoms. The molecule has 1 aliphatic rings. The molecule has 1 aromatic heterocycles. The molecule has 2 heteroatoms. The first-order chi connectivity index (χ1) is 8.70. The van der Waals surface area contributed by atoms with E-state index in [0.717, 1.165) is 17.8 Å². The molecule has 1 heterocycles. The first-order valence-electron chi connectivity index (χ1n) is 7.40. The molecule has 18 heavy (non-hydrogen) atoms. The summed E-state index contributed by atoms with van der Waals surface area (Å²) in [6, 6.07) is 5.12. The average molecular weight is 265 g/mol. The topological polar surface area (TPSA) is 12.0 Å². The second-order valence-corrected chi connectivity index (χ2v) is 7.13. The predicted octanol–water partition coefficient (Wildman–Crippen LogP) is 4.34. The van der Waals surface area contributed by atoms with Gasteiger partial charge in [0.1, 0.15) is 0 Å². The van der Waals surface area contributed by atoms with Crippen molar-refractivity contribution >= 4 is 11.3 Å². The van der Waals surface area contributed by atoms with E-state index in [-0.39, 0.29) is 0 Å². The molecule has 1 aliphatic carbocycles. The van der Waals surface area contributed by atoms with Crippen molar-refractivity contribution in [1.82, 2.24) is 5.32 Å². The average Bonchev–Trinajstić information content (AvgIpc) is 2.89. The Labute approximate surface area is 116 Å². The lowest BCUT2D eigenvalue weighted by Gasteiger charge is -2.35. The highest BCUT2D eigenvalue weighted by Gasteiger charge is 2.28. The number of rotatable bonds is 5. The van der Waals surface area contributed by atoms with E-state index >= 15 is 0 Å². The summed E-state index contributed by atoms with van der Waals surface area (Å²) in [4.78, 5) is 1.53. The fourth-order valence-corrected chi connectivity index (χ4v) is 4.13. The van der Waals surface area contributed by atoms with Crippen LogP contribution in [0.15, 0.2) is 17.5 Å². The van der Waals surface area contributed by atoms with Crippen molar-refractivity contribution < 1.29 is 0 Å². The molecule has 1 fully saturated rings. The molecule has 102 valence electrons. The summed E-state index contributed by atoms with van der Waals surface area (Å²) in [5.41, 5.74) is 0. The van der Waals surface area contributed by atoms with E-state index < -0.39 is 0 Å². The van der Waals surface area contributed by atoms with Crippen LogP contribution in [-0.4, -0.2) is 13.1 Å². The van der Waals surface area contributed by atoms with Crippen molar-refractivity contribution in [3.63, 3.8) is 0 Å². The Morgan fingerprint density at radius 3 is 2.39 bits per heavy atom. The Hall–Kier alpha value is -0.340. The zero-order valence-corrected chi connectivity index (χ0v) is 12.8. The van der Waals surface area contributed by atoms with Crippen molar-refractivity contribution in [3.05, 3.63) is 22.4 Å². The van der Waals surface area contributed by atoms with Crippen LogP contribution in [0.2, 0.25) is 0 Å². The van der Waals surface area contributed by atoms with E-state index in [1.807, 2.05) is 11.3 Å². The van der Waals surface area contributed by atoms with Crippen molar-refractivity contribution in [1.29, 1.82) is 0 Å². The summed E-state index contributed by atoms with van der Waals surface area (Å²) in [5, 5.41) is 5.75. The SMILES string of the molecule is CNC(Cc1cccs1)C1CCC(C(C)C)CC1. The summed E-state index contributed by atoms with van der Waals surface area (Å²) in [5.74, 6) is 2.73. The van der Waals surface area contributed by atoms with Crippen LogP contribution in [-0.2, 0) is 6.42 Å². The summed E-state index contributed by atoms with van der Waals surface area (Å²) in [6.07, 6.45) is 6.92. The van der Waals surface area contributed by atoms with Crippen LogP contribution in [0.25, 0.3) is 0 Å². The third-order valence-electron chi connectivity index (χ3n) is 4.70. The maximum Gasteiger partial charge on any atom is 0.0141 e. The fraction of sp³-hybridized carbons (Fsp3) is 0.750. The molecular formula is C16H27NS. The molecule has 1 saturated carbocycles. The normalized spacial score (nSPS) is 26.4. The maximum absolute atomic E-state index is 3.56. The largest absolute Gasteiger partial charge is 0.316 e. The molecule has 1 unspecified atom stereocenters. The first kappa shape index (κ1) is 14.1. The van der Waals surface area contributed by atoms with Gasteiger partial charge in [-0.15, -0.1) is 11.3 Å². The minimum absolute atomic E-state index is 0.678. The molecule has 0 aliphatic heterocycles. The van der Waals surface area contributed by atoms with E-state index in [2.05, 4.69) is 43.7 Å². The standard InChI is InChI=1S/C16H27NS/c1-12(2)13-6-8-14(9-7-13)16(17-3)11-15-5-4-10-18-15/h4-5,10,12-14,16-17H,6-9,11H2,1-3H3. The molecular weight excluding hydrogens is 238 g/mol. The van der Waals surface area contributed by atoms with Crippen LogP contribution in [0.3, 0.4) is 0 Å². The van der Waals surface area contributed by atoms with Gasteiger partial charge in [0.25, 0.3) is 0 Å². The van der Waals surface area contributed by atoms with Gasteiger partial charge in [0.2, 0.25) is 0 Å². The zero-order valence-electron chi connectivity index (χ0n) is 12.0. The van der Waals surface area contributed by atoms with Crippen molar-refractivity contribution in [2.24, 2.45) is 17.8 Å². The zero-order chi connectivity index (χ0) is 13.0. The van der Waals surface area contributed by atoms with Gasteiger partial charge in [-0.25, -0.2) is 0 Å². The smallest absolute Gasteiger partial charge is 0.0141 e. The summed E-state index contributed by atoms with van der Waals surface area (Å²) in [7, 11) is 2.13. The maximum atomic E-state index is 3.56. The van der Waals surface area contributed by atoms with E-state index in [1.54, 1.807) is 0 Å². The number of likely N-dealkylation sites (N-methyl/N-ethyl adjacent to an activating group) is 1. The number of thiophene rings is 1. The minimum atomic E-state index is 0.678. The van der Waals surface area contributed by atoms with E-state index in [9.17, 15) is 0 Å². The van der Waals surface area contributed by atoms with E-state index in [0.29, 0.717) is 6.04 Å². The molecule has 1 aromatic rings. The number of nitrogens with one attached hydrogen (secondary N) is 1. The monoisotopic (exact) mass is 265 g/mol. The summed E-state index contributed by atoms with van der Waals surface area (Å²) < 4.78 is 0. The highest BCUT2D eigenvalue weighted by molar-refractivity contribution is 7.09. The Morgan fingerprint density at radius 1 is 1.22 bits per heavy atom. The Morgan fingerprint density at radius 2 is 1.89 bits per heavy atom. The Kier molecular flexibility index (Phi) is 5.25. The lowest BCUT2D eigenvalue weighted by atomic mass is 9.74. The van der Waals surface area contributed by atoms with Gasteiger partial charge in [-0.05, 0) is 68.4 Å². The molecule has 1 N–H and O–H groups in total. The van der Waals surface area contributed by atoms with Gasteiger partial charge in [0.15, 0.2) is 0 Å². The predicted molar refractivity (Wildman–Crippen MR) is 81.2 cm³/mol. The highest BCUT2D eigenvalue weighted by Crippen LogP contribution is 2.35. The van der Waals surface area contributed by atoms with Crippen LogP contribution in [0, 0.1) is 17.8 Å². The lowest BCUT2D eigenvalue weighted by Crippen LogP contribution is -2.38. The van der Waals surface area contributed by atoms with E-state index in [1.165, 1.54) is 37.0 Å². The van der Waals surface area contributed by atoms with Gasteiger partial charge in [0.05, 0.1) is 0 Å². The molecule has 2 rings (SSSR count).